The van der Waals surface area contributed by atoms with Gasteiger partial charge in [0, 0.05) is 0 Å². The Morgan fingerprint density at radius 2 is 1.00 bits per heavy atom. The van der Waals surface area contributed by atoms with Crippen molar-refractivity contribution in [2.45, 2.75) is 0 Å². The molecular weight excluding hydrogens is 272 g/mol. The van der Waals surface area contributed by atoms with Gasteiger partial charge in [0.05, 0.1) is 5.09 Å². The van der Waals surface area contributed by atoms with E-state index in [0.29, 0.717) is 0 Å². The first-order chi connectivity index (χ1) is 5.46. The summed E-state index contributed by atoms with van der Waals surface area (Å²) >= 11 is 0. The van der Waals surface area contributed by atoms with Crippen molar-refractivity contribution >= 4 is 7.82 Å². The number of hydrogen-bond acceptors (Lipinski definition) is 7. The number of rotatable bonds is 0. The normalized spacial score (nSPS) is 7.13. The molecule has 0 spiro atoms. The molecule has 13 nitrogen and oxygen atoms in total. The Bertz CT molecular complexity index is 169. The van der Waals surface area contributed by atoms with Gasteiger partial charge in [-0.25, -0.2) is 4.57 Å². The molecule has 0 saturated heterocycles. The monoisotopic (exact) mass is 279 g/mol. The largest absolute Gasteiger partial charge is 1.00 e. The van der Waals surface area contributed by atoms with Crippen LogP contribution in [0.5, 0.6) is 0 Å². The maximum absolute atomic E-state index is 8.88. The molecule has 88 valence electrons. The van der Waals surface area contributed by atoms with Crippen molar-refractivity contribution in [2.75, 3.05) is 0 Å². The van der Waals surface area contributed by atoms with Crippen molar-refractivity contribution in [3.63, 3.8) is 0 Å². The Morgan fingerprint density at radius 3 is 1.00 bits per heavy atom. The summed E-state index contributed by atoms with van der Waals surface area (Å²) in [4.78, 5) is 38.2. The van der Waals surface area contributed by atoms with Crippen LogP contribution in [0.3, 0.4) is 0 Å². The summed E-state index contributed by atoms with van der Waals surface area (Å²) in [7, 11) is -4.64. The molecule has 0 aliphatic heterocycles. The van der Waals surface area contributed by atoms with E-state index in [1.165, 1.54) is 0 Å². The third kappa shape index (κ3) is 183000. The molecule has 0 aromatic rings. The van der Waals surface area contributed by atoms with E-state index in [1.807, 2.05) is 0 Å². The minimum atomic E-state index is -4.64. The maximum Gasteiger partial charge on any atom is 1.00 e. The van der Waals surface area contributed by atoms with E-state index < -0.39 is 18.0 Å². The Kier molecular flexibility index (Phi) is 32.4. The Labute approximate surface area is 124 Å². The van der Waals surface area contributed by atoms with Crippen LogP contribution in [0.1, 0.15) is 0 Å². The van der Waals surface area contributed by atoms with Crippen molar-refractivity contribution in [1.29, 1.82) is 0 Å². The molecule has 7 N–H and O–H groups in total. The zero-order valence-electron chi connectivity index (χ0n) is 7.29. The summed E-state index contributed by atoms with van der Waals surface area (Å²) < 4.78 is 8.88. The van der Waals surface area contributed by atoms with Gasteiger partial charge in [-0.2, -0.15) is 0 Å². The van der Waals surface area contributed by atoms with Crippen LogP contribution < -0.4 is 57.5 Å². The van der Waals surface area contributed by atoms with Crippen molar-refractivity contribution in [3.05, 3.63) is 25.4 Å². The van der Waals surface area contributed by atoms with Gasteiger partial charge < -0.3 is 41.4 Å². The summed E-state index contributed by atoms with van der Waals surface area (Å²) in [5.74, 6) is 0. The van der Waals surface area contributed by atoms with Crippen LogP contribution in [0.25, 0.3) is 0 Å². The molecule has 0 bridgehead atoms. The summed E-state index contributed by atoms with van der Waals surface area (Å²) in [6, 6.07) is 0. The number of nitrogens with zero attached hydrogens (tertiary/aromatic N) is 2. The zero-order chi connectivity index (χ0) is 11.7. The first-order valence-electron chi connectivity index (χ1n) is 1.90. The topological polar surface area (TPSA) is 242 Å². The molecule has 0 aliphatic carbocycles. The summed E-state index contributed by atoms with van der Waals surface area (Å²) in [6.45, 7) is 0. The van der Waals surface area contributed by atoms with E-state index >= 15 is 0 Å². The average molecular weight is 279 g/mol. The Balaban J connectivity index is -0.0000000315. The molecule has 0 aromatic heterocycles. The maximum atomic E-state index is 8.88. The van der Waals surface area contributed by atoms with E-state index in [1.54, 1.807) is 0 Å². The molecule has 0 unspecified atom stereocenters. The van der Waals surface area contributed by atoms with Crippen molar-refractivity contribution in [2.24, 2.45) is 0 Å². The summed E-state index contributed by atoms with van der Waals surface area (Å²) in [5.41, 5.74) is 0. The van der Waals surface area contributed by atoms with Gasteiger partial charge in [0.15, 0.2) is 0 Å². The van der Waals surface area contributed by atoms with Crippen molar-refractivity contribution < 1.29 is 86.0 Å². The molecule has 0 aliphatic rings. The molecule has 15 heavy (non-hydrogen) atoms. The molecule has 0 heterocycles. The fraction of sp³-hybridized carbons (Fsp3) is 0. The van der Waals surface area contributed by atoms with Gasteiger partial charge in [0.25, 0.3) is 5.09 Å². The van der Waals surface area contributed by atoms with Crippen LogP contribution >= 0.6 is 7.82 Å². The van der Waals surface area contributed by atoms with Crippen LogP contribution in [-0.2, 0) is 4.57 Å². The molecule has 15 heteroatoms. The quantitative estimate of drug-likeness (QED) is 0.123. The van der Waals surface area contributed by atoms with Gasteiger partial charge >= 0.3 is 59.2 Å². The van der Waals surface area contributed by atoms with Gasteiger partial charge in [0.2, 0.25) is 0 Å². The molecule has 0 aromatic carbocycles. The van der Waals surface area contributed by atoms with Crippen LogP contribution in [-0.4, -0.2) is 30.1 Å². The van der Waals surface area contributed by atoms with E-state index in [9.17, 15) is 0 Å². The van der Waals surface area contributed by atoms with Gasteiger partial charge in [-0.3, -0.25) is 0 Å². The Morgan fingerprint density at radius 1 is 1.00 bits per heavy atom. The van der Waals surface area contributed by atoms with E-state index in [0.717, 1.165) is 0 Å². The fourth-order valence-electron chi connectivity index (χ4n) is 0. The van der Waals surface area contributed by atoms with Gasteiger partial charge in [0.1, 0.15) is 0 Å². The minimum absolute atomic E-state index is 0. The van der Waals surface area contributed by atoms with E-state index in [4.69, 9.17) is 49.9 Å². The molecular formula is H7KN3O10P. The molecule has 0 radical (unpaired) electrons. The van der Waals surface area contributed by atoms with E-state index in [-0.39, 0.29) is 57.5 Å². The predicted octanol–water partition coefficient (Wildman–Crippen LogP) is -4.35. The minimum Gasteiger partial charge on any atom is -0.356 e. The second-order valence-electron chi connectivity index (χ2n) is 0.975. The third-order valence-electron chi connectivity index (χ3n) is 0. The van der Waals surface area contributed by atoms with Crippen molar-refractivity contribution in [3.8, 4) is 0 Å². The van der Waals surface area contributed by atoms with E-state index in [2.05, 4.69) is 0 Å². The first-order valence-corrected chi connectivity index (χ1v) is 3.46. The fourth-order valence-corrected chi connectivity index (χ4v) is 0. The summed E-state index contributed by atoms with van der Waals surface area (Å²) in [5, 5.41) is 28.4. The predicted molar refractivity (Wildman–Crippen MR) is 38.4 cm³/mol. The van der Waals surface area contributed by atoms with Crippen LogP contribution in [0.2, 0.25) is 0 Å². The van der Waals surface area contributed by atoms with Crippen LogP contribution in [0.4, 0.5) is 0 Å². The number of phosphoric acid groups is 1. The average Bonchev–Trinajstić information content (AvgIpc) is 1.50. The Hall–Kier alpha value is 0.106. The second-order valence-corrected chi connectivity index (χ2v) is 2.00. The standard InChI is InChI=1S/K.HNO3.NO3.H3N.H3O4P/c;2*2-1(3)4;;1-5(2,3)4/h;(H,2,3,4);;1H3;(H3,1,2,3,4)/q+1;;-1;;. The summed E-state index contributed by atoms with van der Waals surface area (Å²) in [6.07, 6.45) is 0. The molecule has 0 amide bonds. The van der Waals surface area contributed by atoms with Gasteiger partial charge in [-0.15, -0.1) is 10.1 Å². The molecule has 0 fully saturated rings. The molecule has 0 saturated carbocycles. The smallest absolute Gasteiger partial charge is 0.356 e. The van der Waals surface area contributed by atoms with Crippen LogP contribution in [0.15, 0.2) is 0 Å². The first kappa shape index (κ1) is 29.4. The van der Waals surface area contributed by atoms with Gasteiger partial charge in [-0.05, 0) is 0 Å². The zero-order valence-corrected chi connectivity index (χ0v) is 11.3. The van der Waals surface area contributed by atoms with Crippen LogP contribution in [0, 0.1) is 25.4 Å². The van der Waals surface area contributed by atoms with Gasteiger partial charge in [-0.1, -0.05) is 0 Å². The van der Waals surface area contributed by atoms with Crippen molar-refractivity contribution in [1.82, 2.24) is 6.15 Å². The molecule has 0 atom stereocenters. The molecule has 0 rings (SSSR count). The second kappa shape index (κ2) is 16.5. The third-order valence-corrected chi connectivity index (χ3v) is 0. The number of hydrogen-bond donors (Lipinski definition) is 5. The SMILES string of the molecule is N.O=P(O)(O)O.O=[N+]([O-])O.O=[N+]([O-])[O-].[K+].